The Kier molecular flexibility index (Phi) is 4.32. The molecule has 0 atom stereocenters. The molecule has 1 heterocycles. The van der Waals surface area contributed by atoms with E-state index < -0.39 is 0 Å². The van der Waals surface area contributed by atoms with E-state index in [4.69, 9.17) is 0 Å². The Hall–Kier alpha value is -1.41. The Morgan fingerprint density at radius 1 is 1.06 bits per heavy atom. The lowest BCUT2D eigenvalue weighted by molar-refractivity contribution is 0.0992. The summed E-state index contributed by atoms with van der Waals surface area (Å²) in [5.41, 5.74) is 2.58. The molecule has 0 unspecified atom stereocenters. The molecule has 1 nitrogen and oxygen atoms in total. The Labute approximate surface area is 112 Å². The number of ketones is 1. The maximum Gasteiger partial charge on any atom is 0.172 e. The Morgan fingerprint density at radius 3 is 2.39 bits per heavy atom. The molecule has 1 aromatic heterocycles. The van der Waals surface area contributed by atoms with Crippen LogP contribution in [-0.4, -0.2) is 5.78 Å². The van der Waals surface area contributed by atoms with Crippen LogP contribution in [0.1, 0.15) is 41.9 Å². The largest absolute Gasteiger partial charge is 0.293 e. The number of rotatable bonds is 5. The second-order valence-electron chi connectivity index (χ2n) is 4.39. The van der Waals surface area contributed by atoms with Crippen LogP contribution in [0, 0.1) is 0 Å². The summed E-state index contributed by atoms with van der Waals surface area (Å²) in [6.45, 7) is 4.09. The average Bonchev–Trinajstić information content (AvgIpc) is 2.89. The first-order chi connectivity index (χ1) is 8.74. The van der Waals surface area contributed by atoms with Crippen molar-refractivity contribution in [2.75, 3.05) is 0 Å². The maximum absolute atomic E-state index is 11.6. The molecule has 0 saturated heterocycles. The van der Waals surface area contributed by atoms with E-state index in [0.29, 0.717) is 6.42 Å². The molecule has 18 heavy (non-hydrogen) atoms. The van der Waals surface area contributed by atoms with E-state index in [9.17, 15) is 4.79 Å². The molecule has 0 spiro atoms. The zero-order chi connectivity index (χ0) is 13.0. The number of carbonyl (C=O) groups excluding carboxylic acids is 1. The van der Waals surface area contributed by atoms with E-state index in [1.807, 2.05) is 19.1 Å². The molecule has 0 aliphatic heterocycles. The van der Waals surface area contributed by atoms with Gasteiger partial charge in [0.2, 0.25) is 0 Å². The first kappa shape index (κ1) is 13.0. The van der Waals surface area contributed by atoms with Crippen LogP contribution in [0.2, 0.25) is 0 Å². The zero-order valence-corrected chi connectivity index (χ0v) is 11.7. The third kappa shape index (κ3) is 2.88. The van der Waals surface area contributed by atoms with Crippen molar-refractivity contribution in [2.45, 2.75) is 33.1 Å². The molecule has 0 aliphatic rings. The molecule has 0 amide bonds. The van der Waals surface area contributed by atoms with Gasteiger partial charge in [-0.2, -0.15) is 0 Å². The van der Waals surface area contributed by atoms with Crippen molar-refractivity contribution < 1.29 is 4.79 Å². The summed E-state index contributed by atoms with van der Waals surface area (Å²) in [4.78, 5) is 13.6. The first-order valence-corrected chi connectivity index (χ1v) is 7.28. The Morgan fingerprint density at radius 2 is 1.78 bits per heavy atom. The summed E-state index contributed by atoms with van der Waals surface area (Å²) in [6.07, 6.45) is 2.88. The van der Waals surface area contributed by atoms with Crippen LogP contribution in [0.15, 0.2) is 36.4 Å². The highest BCUT2D eigenvalue weighted by Gasteiger charge is 2.08. The third-order valence-corrected chi connectivity index (χ3v) is 4.15. The van der Waals surface area contributed by atoms with E-state index in [-0.39, 0.29) is 5.78 Å². The number of aryl methyl sites for hydroxylation is 1. The zero-order valence-electron chi connectivity index (χ0n) is 10.9. The lowest BCUT2D eigenvalue weighted by Gasteiger charge is -2.01. The molecule has 2 aromatic rings. The molecule has 0 aliphatic carbocycles. The van der Waals surface area contributed by atoms with E-state index in [1.54, 1.807) is 11.3 Å². The van der Waals surface area contributed by atoms with Crippen LogP contribution in [-0.2, 0) is 6.42 Å². The van der Waals surface area contributed by atoms with Crippen molar-refractivity contribution >= 4 is 17.1 Å². The summed E-state index contributed by atoms with van der Waals surface area (Å²) in [5.74, 6) is 0.230. The highest BCUT2D eigenvalue weighted by Crippen LogP contribution is 2.29. The van der Waals surface area contributed by atoms with Gasteiger partial charge in [0.15, 0.2) is 5.78 Å². The van der Waals surface area contributed by atoms with E-state index >= 15 is 0 Å². The maximum atomic E-state index is 11.6. The number of thiophene rings is 1. The standard InChI is InChI=1S/C16H18OS/c1-3-5-12-6-8-13(9-7-12)15-10-11-16(18-15)14(17)4-2/h6-11H,3-5H2,1-2H3. The number of carbonyl (C=O) groups is 1. The van der Waals surface area contributed by atoms with Crippen molar-refractivity contribution in [2.24, 2.45) is 0 Å². The number of Topliss-reactive ketones (excluding diaryl/α,β-unsaturated/α-hetero) is 1. The summed E-state index contributed by atoms with van der Waals surface area (Å²) in [6, 6.07) is 12.6. The second-order valence-corrected chi connectivity index (χ2v) is 5.47. The van der Waals surface area contributed by atoms with Crippen molar-refractivity contribution in [1.29, 1.82) is 0 Å². The summed E-state index contributed by atoms with van der Waals surface area (Å²) in [5, 5.41) is 0. The molecule has 2 rings (SSSR count). The highest BCUT2D eigenvalue weighted by molar-refractivity contribution is 7.17. The minimum absolute atomic E-state index is 0.230. The van der Waals surface area contributed by atoms with Gasteiger partial charge in [0.25, 0.3) is 0 Å². The predicted octanol–water partition coefficient (Wildman–Crippen LogP) is 4.96. The minimum atomic E-state index is 0.230. The normalized spacial score (nSPS) is 10.6. The van der Waals surface area contributed by atoms with Crippen LogP contribution in [0.4, 0.5) is 0 Å². The van der Waals surface area contributed by atoms with Crippen molar-refractivity contribution in [3.05, 3.63) is 46.8 Å². The van der Waals surface area contributed by atoms with Crippen LogP contribution in [0.25, 0.3) is 10.4 Å². The van der Waals surface area contributed by atoms with Gasteiger partial charge in [-0.15, -0.1) is 11.3 Å². The summed E-state index contributed by atoms with van der Waals surface area (Å²) < 4.78 is 0. The Bertz CT molecular complexity index is 522. The van der Waals surface area contributed by atoms with Gasteiger partial charge in [-0.25, -0.2) is 0 Å². The SMILES string of the molecule is CCCc1ccc(-c2ccc(C(=O)CC)s2)cc1. The summed E-state index contributed by atoms with van der Waals surface area (Å²) in [7, 11) is 0. The molecule has 0 saturated carbocycles. The molecule has 0 N–H and O–H groups in total. The van der Waals surface area contributed by atoms with Gasteiger partial charge < -0.3 is 0 Å². The Balaban J connectivity index is 2.20. The monoisotopic (exact) mass is 258 g/mol. The second kappa shape index (κ2) is 5.96. The fourth-order valence-corrected chi connectivity index (χ4v) is 2.96. The van der Waals surface area contributed by atoms with Crippen molar-refractivity contribution in [1.82, 2.24) is 0 Å². The molecular weight excluding hydrogens is 240 g/mol. The van der Waals surface area contributed by atoms with E-state index in [0.717, 1.165) is 11.3 Å². The molecule has 2 heteroatoms. The average molecular weight is 258 g/mol. The third-order valence-electron chi connectivity index (χ3n) is 2.98. The van der Waals surface area contributed by atoms with Gasteiger partial charge in [0.05, 0.1) is 4.88 Å². The topological polar surface area (TPSA) is 17.1 Å². The van der Waals surface area contributed by atoms with Gasteiger partial charge in [-0.1, -0.05) is 44.5 Å². The van der Waals surface area contributed by atoms with Crippen LogP contribution in [0.5, 0.6) is 0 Å². The smallest absolute Gasteiger partial charge is 0.172 e. The quantitative estimate of drug-likeness (QED) is 0.693. The molecule has 0 fully saturated rings. The van der Waals surface area contributed by atoms with Crippen LogP contribution in [0.3, 0.4) is 0 Å². The molecular formula is C16H18OS. The number of benzene rings is 1. The number of hydrogen-bond acceptors (Lipinski definition) is 2. The highest BCUT2D eigenvalue weighted by atomic mass is 32.1. The van der Waals surface area contributed by atoms with Gasteiger partial charge in [0.1, 0.15) is 0 Å². The van der Waals surface area contributed by atoms with Crippen molar-refractivity contribution in [3.8, 4) is 10.4 Å². The summed E-state index contributed by atoms with van der Waals surface area (Å²) >= 11 is 1.59. The lowest BCUT2D eigenvalue weighted by Crippen LogP contribution is -1.90. The van der Waals surface area contributed by atoms with Crippen LogP contribution < -0.4 is 0 Å². The lowest BCUT2D eigenvalue weighted by atomic mass is 10.1. The fourth-order valence-electron chi connectivity index (χ4n) is 1.94. The van der Waals surface area contributed by atoms with Gasteiger partial charge >= 0.3 is 0 Å². The van der Waals surface area contributed by atoms with E-state index in [2.05, 4.69) is 31.2 Å². The minimum Gasteiger partial charge on any atom is -0.293 e. The first-order valence-electron chi connectivity index (χ1n) is 6.47. The van der Waals surface area contributed by atoms with Crippen molar-refractivity contribution in [3.63, 3.8) is 0 Å². The van der Waals surface area contributed by atoms with Gasteiger partial charge in [-0.3, -0.25) is 4.79 Å². The number of hydrogen-bond donors (Lipinski definition) is 0. The fraction of sp³-hybridized carbons (Fsp3) is 0.312. The molecule has 0 bridgehead atoms. The molecule has 94 valence electrons. The molecule has 0 radical (unpaired) electrons. The van der Waals surface area contributed by atoms with E-state index in [1.165, 1.54) is 22.4 Å². The predicted molar refractivity (Wildman–Crippen MR) is 78.4 cm³/mol. The molecule has 1 aromatic carbocycles. The van der Waals surface area contributed by atoms with Gasteiger partial charge in [-0.05, 0) is 29.7 Å². The van der Waals surface area contributed by atoms with Gasteiger partial charge in [0, 0.05) is 11.3 Å². The van der Waals surface area contributed by atoms with Crippen LogP contribution >= 0.6 is 11.3 Å².